The maximum absolute atomic E-state index is 13.9. The number of nitrogens with one attached hydrogen (secondary N) is 3. The number of rotatable bonds is 15. The largest absolute Gasteiger partial charge is 0.454 e. The van der Waals surface area contributed by atoms with Crippen molar-refractivity contribution >= 4 is 27.7 Å². The van der Waals surface area contributed by atoms with E-state index < -0.39 is 51.3 Å². The number of hydrogen-bond acceptors (Lipinski definition) is 9. The fourth-order valence-electron chi connectivity index (χ4n) is 5.26. The number of benzene rings is 2. The van der Waals surface area contributed by atoms with E-state index in [-0.39, 0.29) is 49.2 Å². The van der Waals surface area contributed by atoms with E-state index in [9.17, 15) is 27.9 Å². The molecule has 13 nitrogen and oxygen atoms in total. The van der Waals surface area contributed by atoms with Gasteiger partial charge in [-0.2, -0.15) is 4.31 Å². The first-order valence-corrected chi connectivity index (χ1v) is 17.5. The van der Waals surface area contributed by atoms with Crippen molar-refractivity contribution in [1.29, 1.82) is 0 Å². The van der Waals surface area contributed by atoms with E-state index in [0.717, 1.165) is 5.56 Å². The van der Waals surface area contributed by atoms with Gasteiger partial charge < -0.3 is 30.5 Å². The average molecular weight is 696 g/mol. The third-order valence-corrected chi connectivity index (χ3v) is 9.63. The molecule has 0 fully saturated rings. The second kappa shape index (κ2) is 16.2. The molecule has 3 amide bonds. The Labute approximate surface area is 287 Å². The third kappa shape index (κ3) is 10.2. The van der Waals surface area contributed by atoms with Gasteiger partial charge in [0.15, 0.2) is 11.5 Å². The predicted octanol–water partition coefficient (Wildman–Crippen LogP) is 2.51. The summed E-state index contributed by atoms with van der Waals surface area (Å²) in [5.41, 5.74) is 0.308. The fourth-order valence-corrected chi connectivity index (χ4v) is 6.90. The van der Waals surface area contributed by atoms with Crippen LogP contribution in [0, 0.1) is 11.3 Å². The van der Waals surface area contributed by atoms with E-state index in [1.54, 1.807) is 32.9 Å². The maximum Gasteiger partial charge on any atom is 0.253 e. The van der Waals surface area contributed by atoms with E-state index in [1.165, 1.54) is 34.9 Å². The van der Waals surface area contributed by atoms with Gasteiger partial charge in [0.25, 0.3) is 5.91 Å². The zero-order valence-electron chi connectivity index (χ0n) is 28.4. The number of fused-ring (bicyclic) bond motifs is 1. The summed E-state index contributed by atoms with van der Waals surface area (Å²) < 4.78 is 39.8. The Morgan fingerprint density at radius 2 is 1.67 bits per heavy atom. The normalized spacial score (nSPS) is 14.6. The zero-order chi connectivity index (χ0) is 35.8. The maximum atomic E-state index is 13.9. The molecule has 1 aliphatic heterocycles. The lowest BCUT2D eigenvalue weighted by Crippen LogP contribution is -2.59. The average Bonchev–Trinajstić information content (AvgIpc) is 3.54. The second-order valence-electron chi connectivity index (χ2n) is 13.4. The number of aromatic nitrogens is 1. The molecule has 14 heteroatoms. The molecule has 1 aliphatic rings. The SMILES string of the molecule is CC(C)CN(CC(O)C(Cc1ccccc1)NC(=O)C(NC(=O)CNC(=O)c1cccnc1)C(C)(C)C)S(=O)(=O)c1ccc2c(c1)OCO2. The van der Waals surface area contributed by atoms with Gasteiger partial charge >= 0.3 is 0 Å². The van der Waals surface area contributed by atoms with Crippen LogP contribution in [0.4, 0.5) is 0 Å². The Bertz CT molecular complexity index is 1700. The highest BCUT2D eigenvalue weighted by Crippen LogP contribution is 2.35. The summed E-state index contributed by atoms with van der Waals surface area (Å²) >= 11 is 0. The summed E-state index contributed by atoms with van der Waals surface area (Å²) in [6.07, 6.45) is 1.73. The quantitative estimate of drug-likeness (QED) is 0.186. The van der Waals surface area contributed by atoms with E-state index >= 15 is 0 Å². The molecule has 3 aromatic rings. The molecule has 2 aromatic carbocycles. The van der Waals surface area contributed by atoms with E-state index in [0.29, 0.717) is 11.5 Å². The van der Waals surface area contributed by atoms with Gasteiger partial charge in [-0.1, -0.05) is 65.0 Å². The highest BCUT2D eigenvalue weighted by Gasteiger charge is 2.37. The number of amides is 3. The number of ether oxygens (including phenoxy) is 2. The van der Waals surface area contributed by atoms with Crippen molar-refractivity contribution in [1.82, 2.24) is 25.2 Å². The fraction of sp³-hybridized carbons (Fsp3) is 0.429. The van der Waals surface area contributed by atoms with Gasteiger partial charge in [0.2, 0.25) is 28.6 Å². The molecular weight excluding hydrogens is 650 g/mol. The van der Waals surface area contributed by atoms with Crippen LogP contribution in [0.5, 0.6) is 11.5 Å². The predicted molar refractivity (Wildman–Crippen MR) is 182 cm³/mol. The Kier molecular flexibility index (Phi) is 12.4. The van der Waals surface area contributed by atoms with Crippen molar-refractivity contribution in [3.8, 4) is 11.5 Å². The van der Waals surface area contributed by atoms with Crippen molar-refractivity contribution < 1.29 is 37.4 Å². The molecule has 0 aliphatic carbocycles. The van der Waals surface area contributed by atoms with Crippen molar-refractivity contribution in [2.45, 2.75) is 64.1 Å². The molecule has 0 saturated heterocycles. The minimum atomic E-state index is -4.11. The lowest BCUT2D eigenvalue weighted by molar-refractivity contribution is -0.132. The topological polar surface area (TPSA) is 176 Å². The number of aliphatic hydroxyl groups is 1. The molecule has 3 unspecified atom stereocenters. The molecule has 264 valence electrons. The van der Waals surface area contributed by atoms with E-state index in [1.807, 2.05) is 44.2 Å². The first-order chi connectivity index (χ1) is 23.1. The van der Waals surface area contributed by atoms with Crippen LogP contribution in [0.1, 0.15) is 50.5 Å². The number of carbonyl (C=O) groups excluding carboxylic acids is 3. The smallest absolute Gasteiger partial charge is 0.253 e. The van der Waals surface area contributed by atoms with Crippen LogP contribution in [-0.2, 0) is 26.0 Å². The van der Waals surface area contributed by atoms with Crippen molar-refractivity contribution in [2.24, 2.45) is 11.3 Å². The Morgan fingerprint density at radius 3 is 2.33 bits per heavy atom. The van der Waals surface area contributed by atoms with Crippen LogP contribution in [-0.4, -0.2) is 85.1 Å². The standard InChI is InChI=1S/C35H45N5O8S/c1-23(2)20-40(49(45,46)26-13-14-29-30(17-26)48-22-47-29)21-28(41)27(16-24-10-7-6-8-11-24)38-34(44)32(35(3,4)5)39-31(42)19-37-33(43)25-12-9-15-36-18-25/h6-15,17-18,23,27-28,32,41H,16,19-22H2,1-5H3,(H,37,43)(H,38,44)(H,39,42). The van der Waals surface area contributed by atoms with Gasteiger partial charge in [-0.3, -0.25) is 19.4 Å². The summed E-state index contributed by atoms with van der Waals surface area (Å²) in [6, 6.07) is 14.7. The number of carbonyl (C=O) groups is 3. The number of aliphatic hydroxyl groups excluding tert-OH is 1. The minimum Gasteiger partial charge on any atom is -0.454 e. The van der Waals surface area contributed by atoms with Crippen LogP contribution in [0.25, 0.3) is 0 Å². The summed E-state index contributed by atoms with van der Waals surface area (Å²) in [5.74, 6) is -0.993. The number of sulfonamides is 1. The number of nitrogens with zero attached hydrogens (tertiary/aromatic N) is 2. The van der Waals surface area contributed by atoms with Gasteiger partial charge in [-0.15, -0.1) is 0 Å². The summed E-state index contributed by atoms with van der Waals surface area (Å²) in [4.78, 5) is 43.2. The zero-order valence-corrected chi connectivity index (χ0v) is 29.2. The molecule has 1 aromatic heterocycles. The third-order valence-electron chi connectivity index (χ3n) is 7.80. The van der Waals surface area contributed by atoms with Crippen molar-refractivity contribution in [3.63, 3.8) is 0 Å². The molecule has 0 bridgehead atoms. The van der Waals surface area contributed by atoms with Crippen LogP contribution in [0.3, 0.4) is 0 Å². The molecule has 3 atom stereocenters. The van der Waals surface area contributed by atoms with Crippen LogP contribution in [0.15, 0.2) is 78.0 Å². The number of hydrogen-bond donors (Lipinski definition) is 4. The molecule has 0 radical (unpaired) electrons. The summed E-state index contributed by atoms with van der Waals surface area (Å²) in [7, 11) is -4.11. The highest BCUT2D eigenvalue weighted by atomic mass is 32.2. The van der Waals surface area contributed by atoms with Crippen molar-refractivity contribution in [3.05, 3.63) is 84.2 Å². The van der Waals surface area contributed by atoms with Gasteiger partial charge in [-0.25, -0.2) is 8.42 Å². The van der Waals surface area contributed by atoms with E-state index in [4.69, 9.17) is 9.47 Å². The van der Waals surface area contributed by atoms with Gasteiger partial charge in [-0.05, 0) is 47.6 Å². The number of pyridine rings is 1. The Hall–Kier alpha value is -4.53. The molecular formula is C35H45N5O8S. The summed E-state index contributed by atoms with van der Waals surface area (Å²) in [6.45, 7) is 8.45. The molecule has 4 N–H and O–H groups in total. The molecule has 0 spiro atoms. The van der Waals surface area contributed by atoms with Crippen molar-refractivity contribution in [2.75, 3.05) is 26.4 Å². The van der Waals surface area contributed by atoms with E-state index in [2.05, 4.69) is 20.9 Å². The lowest BCUT2D eigenvalue weighted by Gasteiger charge is -2.34. The lowest BCUT2D eigenvalue weighted by atomic mass is 9.85. The highest BCUT2D eigenvalue weighted by molar-refractivity contribution is 7.89. The van der Waals surface area contributed by atoms with Crippen LogP contribution in [0.2, 0.25) is 0 Å². The van der Waals surface area contributed by atoms with Gasteiger partial charge in [0.1, 0.15) is 6.04 Å². The minimum absolute atomic E-state index is 0.00975. The van der Waals surface area contributed by atoms with Crippen LogP contribution >= 0.6 is 0 Å². The Balaban J connectivity index is 1.53. The molecule has 0 saturated carbocycles. The molecule has 2 heterocycles. The first-order valence-electron chi connectivity index (χ1n) is 16.0. The first kappa shape index (κ1) is 37.3. The van der Waals surface area contributed by atoms with Gasteiger partial charge in [0.05, 0.1) is 29.1 Å². The molecule has 4 rings (SSSR count). The summed E-state index contributed by atoms with van der Waals surface area (Å²) in [5, 5.41) is 19.8. The van der Waals surface area contributed by atoms with Crippen LogP contribution < -0.4 is 25.4 Å². The van der Waals surface area contributed by atoms with Gasteiger partial charge in [0, 0.05) is 31.5 Å². The second-order valence-corrected chi connectivity index (χ2v) is 15.3. The molecule has 49 heavy (non-hydrogen) atoms. The monoisotopic (exact) mass is 695 g/mol. The Morgan fingerprint density at radius 1 is 0.959 bits per heavy atom.